The van der Waals surface area contributed by atoms with Gasteiger partial charge in [-0.3, -0.25) is 18.6 Å². The van der Waals surface area contributed by atoms with E-state index in [9.17, 15) is 19.0 Å². The van der Waals surface area contributed by atoms with E-state index in [2.05, 4.69) is 111 Å². The lowest BCUT2D eigenvalue weighted by atomic mass is 10.0. The molecule has 0 rings (SSSR count). The van der Waals surface area contributed by atoms with Crippen LogP contribution in [-0.4, -0.2) is 74.3 Å². The number of rotatable bonds is 51. The van der Waals surface area contributed by atoms with Crippen molar-refractivity contribution in [3.8, 4) is 0 Å². The Kier molecular flexibility index (Phi) is 49.2. The molecule has 9 nitrogen and oxygen atoms in total. The number of nitrogens with zero attached hydrogens (tertiary/aromatic N) is 1. The molecule has 0 fully saturated rings. The molecule has 72 heavy (non-hydrogen) atoms. The van der Waals surface area contributed by atoms with E-state index in [1.165, 1.54) is 83.5 Å². The van der Waals surface area contributed by atoms with Gasteiger partial charge in [-0.05, 0) is 102 Å². The van der Waals surface area contributed by atoms with E-state index in [-0.39, 0.29) is 31.5 Å². The highest BCUT2D eigenvalue weighted by atomic mass is 31.2. The van der Waals surface area contributed by atoms with E-state index < -0.39 is 20.0 Å². The number of unbranched alkanes of at least 4 members (excludes halogenated alkanes) is 21. The SMILES string of the molecule is CC/C=C/C/C=C/C/C=C/CCCCCCCCC(=O)NC(COP(=O)(O)OCC[N+](C)(C)C)C(/C=C/CCCCCCCCCCCCC)OC(=O)CCC/C=C\C/C=C\C/C=C\C/C=C\CCCCC. The quantitative estimate of drug-likeness (QED) is 0.0205. The number of quaternary nitrogens is 1. The molecule has 0 saturated heterocycles. The Morgan fingerprint density at radius 3 is 1.39 bits per heavy atom. The summed E-state index contributed by atoms with van der Waals surface area (Å²) in [6.45, 7) is 6.81. The van der Waals surface area contributed by atoms with Gasteiger partial charge in [0.25, 0.3) is 0 Å². The molecule has 3 atom stereocenters. The number of amides is 1. The minimum atomic E-state index is -4.47. The first-order chi connectivity index (χ1) is 34.9. The van der Waals surface area contributed by atoms with Crippen molar-refractivity contribution in [2.75, 3.05) is 40.9 Å². The number of carbonyl (C=O) groups excluding carboxylic acids is 2. The molecule has 0 aromatic rings. The van der Waals surface area contributed by atoms with E-state index in [4.69, 9.17) is 13.8 Å². The first-order valence-corrected chi connectivity index (χ1v) is 30.6. The summed E-state index contributed by atoms with van der Waals surface area (Å²) in [5, 5.41) is 3.03. The number of carbonyl (C=O) groups is 2. The Balaban J connectivity index is 5.49. The van der Waals surface area contributed by atoms with Gasteiger partial charge in [0.15, 0.2) is 0 Å². The Labute approximate surface area is 443 Å². The van der Waals surface area contributed by atoms with E-state index >= 15 is 0 Å². The average Bonchev–Trinajstić information content (AvgIpc) is 3.34. The molecule has 0 radical (unpaired) electrons. The molecule has 0 aliphatic rings. The minimum Gasteiger partial charge on any atom is -0.456 e. The summed E-state index contributed by atoms with van der Waals surface area (Å²) in [5.41, 5.74) is 0. The summed E-state index contributed by atoms with van der Waals surface area (Å²) >= 11 is 0. The maximum Gasteiger partial charge on any atom is 0.472 e. The predicted molar refractivity (Wildman–Crippen MR) is 309 cm³/mol. The Morgan fingerprint density at radius 2 is 0.903 bits per heavy atom. The third kappa shape index (κ3) is 51.8. The summed E-state index contributed by atoms with van der Waals surface area (Å²) in [4.78, 5) is 37.6. The van der Waals surface area contributed by atoms with Gasteiger partial charge < -0.3 is 19.4 Å². The summed E-state index contributed by atoms with van der Waals surface area (Å²) in [5.74, 6) is -0.591. The molecule has 0 aliphatic heterocycles. The van der Waals surface area contributed by atoms with Crippen LogP contribution in [0.1, 0.15) is 233 Å². The zero-order chi connectivity index (χ0) is 52.9. The van der Waals surface area contributed by atoms with E-state index in [1.807, 2.05) is 33.3 Å². The van der Waals surface area contributed by atoms with Gasteiger partial charge in [-0.15, -0.1) is 0 Å². The monoisotopic (exact) mass is 1030 g/mol. The summed E-state index contributed by atoms with van der Waals surface area (Å²) in [6, 6.07) is -0.882. The van der Waals surface area contributed by atoms with Gasteiger partial charge in [-0.25, -0.2) is 4.57 Å². The largest absolute Gasteiger partial charge is 0.472 e. The molecule has 0 aromatic heterocycles. The number of allylic oxidation sites excluding steroid dienone is 15. The number of hydrogen-bond donors (Lipinski definition) is 2. The van der Waals surface area contributed by atoms with E-state index in [0.29, 0.717) is 23.9 Å². The Morgan fingerprint density at radius 1 is 0.500 bits per heavy atom. The normalized spacial score (nSPS) is 14.5. The molecule has 3 unspecified atom stereocenters. The standard InChI is InChI=1S/C62H109N2O7P/c1-7-10-13-16-19-22-25-28-30-32-34-37-40-43-46-49-52-55-62(66)71-60(53-50-47-44-41-38-35-27-24-21-18-15-12-9-3)59(58-70-72(67,68)69-57-56-64(4,5)6)63-61(65)54-51-48-45-42-39-36-33-31-29-26-23-20-17-14-11-8-2/h11,14,19-20,22-23,28-31,34,37,43,46,50,53,59-60H,7-10,12-13,15-18,21,24-27,32-33,35-36,38-42,44-45,47-49,51-52,54-58H2,1-6H3,(H-,63,65,67,68)/p+1/b14-11+,22-19-,23-20+,30-28-,31-29+,37-34-,46-43-,53-50+. The molecule has 0 aliphatic carbocycles. The van der Waals surface area contributed by atoms with Crippen LogP contribution in [-0.2, 0) is 27.9 Å². The van der Waals surface area contributed by atoms with Gasteiger partial charge in [-0.1, -0.05) is 215 Å². The highest BCUT2D eigenvalue weighted by molar-refractivity contribution is 7.47. The summed E-state index contributed by atoms with van der Waals surface area (Å²) in [7, 11) is 1.44. The molecule has 0 spiro atoms. The predicted octanol–water partition coefficient (Wildman–Crippen LogP) is 17.6. The molecule has 0 saturated carbocycles. The number of phosphoric acid groups is 1. The van der Waals surface area contributed by atoms with Gasteiger partial charge in [0.05, 0.1) is 33.8 Å². The van der Waals surface area contributed by atoms with Crippen LogP contribution in [0.2, 0.25) is 0 Å². The fraction of sp³-hybridized carbons (Fsp3) is 0.710. The van der Waals surface area contributed by atoms with Crippen LogP contribution in [0.4, 0.5) is 0 Å². The zero-order valence-electron chi connectivity index (χ0n) is 47.1. The van der Waals surface area contributed by atoms with Crippen molar-refractivity contribution in [1.29, 1.82) is 0 Å². The Hall–Kier alpha value is -3.07. The van der Waals surface area contributed by atoms with Crippen LogP contribution in [0.5, 0.6) is 0 Å². The summed E-state index contributed by atoms with van der Waals surface area (Å²) < 4.78 is 30.6. The first kappa shape index (κ1) is 68.9. The van der Waals surface area contributed by atoms with Gasteiger partial charge >= 0.3 is 13.8 Å². The lowest BCUT2D eigenvalue weighted by Gasteiger charge is -2.27. The van der Waals surface area contributed by atoms with Crippen molar-refractivity contribution in [3.63, 3.8) is 0 Å². The van der Waals surface area contributed by atoms with Crippen LogP contribution in [0.3, 0.4) is 0 Å². The topological polar surface area (TPSA) is 111 Å². The lowest BCUT2D eigenvalue weighted by molar-refractivity contribution is -0.870. The second-order valence-electron chi connectivity index (χ2n) is 20.4. The van der Waals surface area contributed by atoms with Crippen LogP contribution in [0, 0.1) is 0 Å². The maximum atomic E-state index is 13.5. The molecular formula is C62H110N2O7P+. The lowest BCUT2D eigenvalue weighted by Crippen LogP contribution is -2.47. The fourth-order valence-corrected chi connectivity index (χ4v) is 8.50. The smallest absolute Gasteiger partial charge is 0.456 e. The minimum absolute atomic E-state index is 0.0245. The molecule has 414 valence electrons. The van der Waals surface area contributed by atoms with Crippen molar-refractivity contribution >= 4 is 19.7 Å². The van der Waals surface area contributed by atoms with Crippen molar-refractivity contribution in [2.45, 2.75) is 245 Å². The molecule has 0 aromatic carbocycles. The molecule has 2 N–H and O–H groups in total. The second-order valence-corrected chi connectivity index (χ2v) is 21.9. The number of hydrogen-bond acceptors (Lipinski definition) is 6. The van der Waals surface area contributed by atoms with Gasteiger partial charge in [-0.2, -0.15) is 0 Å². The van der Waals surface area contributed by atoms with Gasteiger partial charge in [0.1, 0.15) is 19.3 Å². The molecule has 10 heteroatoms. The highest BCUT2D eigenvalue weighted by Crippen LogP contribution is 2.43. The fourth-order valence-electron chi connectivity index (χ4n) is 7.77. The molecule has 0 heterocycles. The van der Waals surface area contributed by atoms with Crippen molar-refractivity contribution in [3.05, 3.63) is 97.2 Å². The number of nitrogens with one attached hydrogen (secondary N) is 1. The first-order valence-electron chi connectivity index (χ1n) is 29.1. The van der Waals surface area contributed by atoms with Crippen molar-refractivity contribution in [1.82, 2.24) is 5.32 Å². The van der Waals surface area contributed by atoms with Crippen LogP contribution >= 0.6 is 7.82 Å². The molecule has 0 bridgehead atoms. The van der Waals surface area contributed by atoms with Gasteiger partial charge in [0, 0.05) is 12.8 Å². The van der Waals surface area contributed by atoms with Gasteiger partial charge in [0.2, 0.25) is 5.91 Å². The Bertz CT molecular complexity index is 1560. The number of likely N-dealkylation sites (N-methyl/N-ethyl adjacent to an activating group) is 1. The van der Waals surface area contributed by atoms with E-state index in [0.717, 1.165) is 109 Å². The number of ether oxygens (including phenoxy) is 1. The second kappa shape index (κ2) is 51.4. The third-order valence-corrected chi connectivity index (χ3v) is 13.2. The molecule has 1 amide bonds. The van der Waals surface area contributed by atoms with Crippen LogP contribution in [0.25, 0.3) is 0 Å². The van der Waals surface area contributed by atoms with Crippen LogP contribution in [0.15, 0.2) is 97.2 Å². The summed E-state index contributed by atoms with van der Waals surface area (Å²) in [6.07, 6.45) is 68.3. The van der Waals surface area contributed by atoms with E-state index in [1.54, 1.807) is 0 Å². The molecular weight excluding hydrogens is 916 g/mol. The van der Waals surface area contributed by atoms with Crippen LogP contribution < -0.4 is 5.32 Å². The van der Waals surface area contributed by atoms with Crippen molar-refractivity contribution < 1.29 is 37.3 Å². The zero-order valence-corrected chi connectivity index (χ0v) is 48.0. The highest BCUT2D eigenvalue weighted by Gasteiger charge is 2.30. The maximum absolute atomic E-state index is 13.5. The number of esters is 1. The third-order valence-electron chi connectivity index (χ3n) is 12.3. The number of phosphoric ester groups is 1. The average molecular weight is 1030 g/mol. The van der Waals surface area contributed by atoms with Crippen molar-refractivity contribution in [2.24, 2.45) is 0 Å².